The quantitative estimate of drug-likeness (QED) is 0.714. The van der Waals surface area contributed by atoms with Gasteiger partial charge in [0, 0.05) is 12.6 Å². The van der Waals surface area contributed by atoms with E-state index in [2.05, 4.69) is 17.4 Å². The lowest BCUT2D eigenvalue weighted by Gasteiger charge is -2.14. The second kappa shape index (κ2) is 6.54. The monoisotopic (exact) mass is 264 g/mol. The average molecular weight is 264 g/mol. The molecule has 0 heterocycles. The van der Waals surface area contributed by atoms with Crippen molar-refractivity contribution in [3.05, 3.63) is 29.3 Å². The standard InChI is InChI=1S/C14H20N2O3/c1-18-11-4-2-10-3-5-13(12(10)8-11)16-6-7-19-9-14(15)17/h2,4,8,13,16H,3,5-7,9H2,1H3,(H2,15,17). The van der Waals surface area contributed by atoms with Crippen LogP contribution in [0.2, 0.25) is 0 Å². The normalized spacial score (nSPS) is 17.2. The molecule has 104 valence electrons. The summed E-state index contributed by atoms with van der Waals surface area (Å²) in [6.07, 6.45) is 2.16. The van der Waals surface area contributed by atoms with Gasteiger partial charge in [0.2, 0.25) is 5.91 Å². The van der Waals surface area contributed by atoms with Crippen molar-refractivity contribution in [1.82, 2.24) is 5.32 Å². The van der Waals surface area contributed by atoms with Crippen LogP contribution in [0.5, 0.6) is 5.75 Å². The molecule has 1 unspecified atom stereocenters. The first-order valence-corrected chi connectivity index (χ1v) is 6.47. The molecule has 5 heteroatoms. The number of rotatable bonds is 7. The third kappa shape index (κ3) is 3.68. The lowest BCUT2D eigenvalue weighted by molar-refractivity contribution is -0.122. The van der Waals surface area contributed by atoms with E-state index in [4.69, 9.17) is 15.2 Å². The molecule has 1 aromatic carbocycles. The molecule has 1 aliphatic carbocycles. The van der Waals surface area contributed by atoms with Crippen molar-refractivity contribution in [1.29, 1.82) is 0 Å². The first-order chi connectivity index (χ1) is 9.20. The summed E-state index contributed by atoms with van der Waals surface area (Å²) in [7, 11) is 1.68. The summed E-state index contributed by atoms with van der Waals surface area (Å²) in [5, 5.41) is 3.43. The number of methoxy groups -OCH3 is 1. The molecule has 2 rings (SSSR count). The van der Waals surface area contributed by atoms with E-state index in [1.165, 1.54) is 11.1 Å². The van der Waals surface area contributed by atoms with Crippen LogP contribution in [0.4, 0.5) is 0 Å². The number of hydrogen-bond donors (Lipinski definition) is 2. The molecule has 0 radical (unpaired) electrons. The van der Waals surface area contributed by atoms with Crippen LogP contribution in [-0.4, -0.2) is 32.8 Å². The number of nitrogens with one attached hydrogen (secondary N) is 1. The fourth-order valence-corrected chi connectivity index (χ4v) is 2.40. The molecule has 0 bridgehead atoms. The number of ether oxygens (including phenoxy) is 2. The molecule has 0 spiro atoms. The predicted molar refractivity (Wildman–Crippen MR) is 72.1 cm³/mol. The Balaban J connectivity index is 1.82. The maximum atomic E-state index is 10.5. The van der Waals surface area contributed by atoms with Gasteiger partial charge in [-0.2, -0.15) is 0 Å². The molecule has 5 nitrogen and oxygen atoms in total. The van der Waals surface area contributed by atoms with Gasteiger partial charge in [-0.25, -0.2) is 0 Å². The zero-order chi connectivity index (χ0) is 13.7. The zero-order valence-electron chi connectivity index (χ0n) is 11.1. The Labute approximate surface area is 113 Å². The average Bonchev–Trinajstić information content (AvgIpc) is 2.80. The molecule has 1 aliphatic rings. The number of carbonyl (C=O) groups excluding carboxylic acids is 1. The minimum absolute atomic E-state index is 0.0171. The van der Waals surface area contributed by atoms with E-state index in [1.54, 1.807) is 7.11 Å². The highest BCUT2D eigenvalue weighted by Crippen LogP contribution is 2.33. The summed E-state index contributed by atoms with van der Waals surface area (Å²) in [5.41, 5.74) is 7.67. The number of aryl methyl sites for hydroxylation is 1. The minimum atomic E-state index is -0.434. The van der Waals surface area contributed by atoms with Crippen LogP contribution in [0.3, 0.4) is 0 Å². The second-order valence-electron chi connectivity index (χ2n) is 4.63. The molecule has 19 heavy (non-hydrogen) atoms. The van der Waals surface area contributed by atoms with Crippen LogP contribution < -0.4 is 15.8 Å². The Hall–Kier alpha value is -1.59. The molecular weight excluding hydrogens is 244 g/mol. The van der Waals surface area contributed by atoms with Crippen molar-refractivity contribution in [2.75, 3.05) is 26.9 Å². The lowest BCUT2D eigenvalue weighted by atomic mass is 10.1. The smallest absolute Gasteiger partial charge is 0.243 e. The number of nitrogens with two attached hydrogens (primary N) is 1. The zero-order valence-corrected chi connectivity index (χ0v) is 11.1. The van der Waals surface area contributed by atoms with Crippen LogP contribution in [-0.2, 0) is 16.0 Å². The number of carbonyl (C=O) groups is 1. The first kappa shape index (κ1) is 13.8. The summed E-state index contributed by atoms with van der Waals surface area (Å²) >= 11 is 0. The highest BCUT2D eigenvalue weighted by Gasteiger charge is 2.22. The summed E-state index contributed by atoms with van der Waals surface area (Å²) in [6.45, 7) is 1.17. The van der Waals surface area contributed by atoms with Crippen LogP contribution in [0.15, 0.2) is 18.2 Å². The summed E-state index contributed by atoms with van der Waals surface area (Å²) < 4.78 is 10.4. The van der Waals surface area contributed by atoms with E-state index in [0.717, 1.165) is 18.6 Å². The number of fused-ring (bicyclic) bond motifs is 1. The molecule has 1 aromatic rings. The maximum absolute atomic E-state index is 10.5. The van der Waals surface area contributed by atoms with E-state index in [1.807, 2.05) is 6.07 Å². The van der Waals surface area contributed by atoms with Crippen LogP contribution in [0.1, 0.15) is 23.6 Å². The highest BCUT2D eigenvalue weighted by atomic mass is 16.5. The fourth-order valence-electron chi connectivity index (χ4n) is 2.40. The number of benzene rings is 1. The Bertz CT molecular complexity index is 448. The SMILES string of the molecule is COc1ccc2c(c1)C(NCCOCC(N)=O)CC2. The largest absolute Gasteiger partial charge is 0.497 e. The third-order valence-corrected chi connectivity index (χ3v) is 3.31. The molecule has 0 aliphatic heterocycles. The van der Waals surface area contributed by atoms with Crippen molar-refractivity contribution in [3.8, 4) is 5.75 Å². The van der Waals surface area contributed by atoms with Crippen molar-refractivity contribution >= 4 is 5.91 Å². The van der Waals surface area contributed by atoms with E-state index < -0.39 is 5.91 Å². The van der Waals surface area contributed by atoms with Gasteiger partial charge in [0.1, 0.15) is 12.4 Å². The van der Waals surface area contributed by atoms with Gasteiger partial charge in [0.25, 0.3) is 0 Å². The summed E-state index contributed by atoms with van der Waals surface area (Å²) in [4.78, 5) is 10.5. The van der Waals surface area contributed by atoms with Crippen molar-refractivity contribution in [2.24, 2.45) is 5.73 Å². The van der Waals surface area contributed by atoms with Crippen molar-refractivity contribution in [2.45, 2.75) is 18.9 Å². The molecular formula is C14H20N2O3. The Morgan fingerprint density at radius 3 is 3.11 bits per heavy atom. The van der Waals surface area contributed by atoms with E-state index in [-0.39, 0.29) is 6.61 Å². The molecule has 1 atom stereocenters. The number of primary amides is 1. The molecule has 0 saturated heterocycles. The van der Waals surface area contributed by atoms with E-state index >= 15 is 0 Å². The van der Waals surface area contributed by atoms with Gasteiger partial charge in [-0.05, 0) is 36.1 Å². The summed E-state index contributed by atoms with van der Waals surface area (Å²) in [5.74, 6) is 0.452. The molecule has 1 amide bonds. The Kier molecular flexibility index (Phi) is 4.76. The van der Waals surface area contributed by atoms with Crippen LogP contribution in [0.25, 0.3) is 0 Å². The van der Waals surface area contributed by atoms with Gasteiger partial charge in [0.15, 0.2) is 0 Å². The van der Waals surface area contributed by atoms with Crippen LogP contribution in [0, 0.1) is 0 Å². The number of amides is 1. The minimum Gasteiger partial charge on any atom is -0.497 e. The summed E-state index contributed by atoms with van der Waals surface area (Å²) in [6, 6.07) is 6.54. The topological polar surface area (TPSA) is 73.6 Å². The van der Waals surface area contributed by atoms with Crippen molar-refractivity contribution in [3.63, 3.8) is 0 Å². The van der Waals surface area contributed by atoms with E-state index in [0.29, 0.717) is 19.2 Å². The molecule has 0 saturated carbocycles. The Morgan fingerprint density at radius 2 is 2.37 bits per heavy atom. The maximum Gasteiger partial charge on any atom is 0.243 e. The third-order valence-electron chi connectivity index (χ3n) is 3.31. The molecule has 0 aromatic heterocycles. The number of hydrogen-bond acceptors (Lipinski definition) is 4. The lowest BCUT2D eigenvalue weighted by Crippen LogP contribution is -2.26. The van der Waals surface area contributed by atoms with Gasteiger partial charge < -0.3 is 20.5 Å². The van der Waals surface area contributed by atoms with Gasteiger partial charge in [-0.15, -0.1) is 0 Å². The van der Waals surface area contributed by atoms with Crippen molar-refractivity contribution < 1.29 is 14.3 Å². The molecule has 0 fully saturated rings. The first-order valence-electron chi connectivity index (χ1n) is 6.47. The van der Waals surface area contributed by atoms with Gasteiger partial charge in [-0.3, -0.25) is 4.79 Å². The fraction of sp³-hybridized carbons (Fsp3) is 0.500. The predicted octanol–water partition coefficient (Wildman–Crippen LogP) is 0.774. The van der Waals surface area contributed by atoms with E-state index in [9.17, 15) is 4.79 Å². The Morgan fingerprint density at radius 1 is 1.53 bits per heavy atom. The molecule has 3 N–H and O–H groups in total. The van der Waals surface area contributed by atoms with Gasteiger partial charge in [0.05, 0.1) is 13.7 Å². The highest BCUT2D eigenvalue weighted by molar-refractivity contribution is 5.74. The second-order valence-corrected chi connectivity index (χ2v) is 4.63. The van der Waals surface area contributed by atoms with Gasteiger partial charge in [-0.1, -0.05) is 6.07 Å². The van der Waals surface area contributed by atoms with Crippen LogP contribution >= 0.6 is 0 Å². The van der Waals surface area contributed by atoms with Gasteiger partial charge >= 0.3 is 0 Å².